The van der Waals surface area contributed by atoms with Gasteiger partial charge in [0, 0.05) is 24.2 Å². The molecule has 1 heterocycles. The van der Waals surface area contributed by atoms with Crippen LogP contribution in [0.25, 0.3) is 0 Å². The summed E-state index contributed by atoms with van der Waals surface area (Å²) in [4.78, 5) is 35.5. The number of anilines is 1. The molecule has 0 bridgehead atoms. The monoisotopic (exact) mass is 308 g/mol. The molecule has 1 unspecified atom stereocenters. The molecule has 0 N–H and O–H groups in total. The predicted molar refractivity (Wildman–Crippen MR) is 76.7 cm³/mol. The Hall–Kier alpha value is -2.64. The van der Waals surface area contributed by atoms with Crippen molar-refractivity contribution in [2.45, 2.75) is 12.3 Å². The fourth-order valence-electron chi connectivity index (χ4n) is 2.67. The third-order valence-electron chi connectivity index (χ3n) is 3.63. The highest BCUT2D eigenvalue weighted by Crippen LogP contribution is 2.43. The van der Waals surface area contributed by atoms with Crippen molar-refractivity contribution in [2.75, 3.05) is 32.2 Å². The Balaban J connectivity index is 2.40. The highest BCUT2D eigenvalue weighted by atomic mass is 16.6. The molecule has 0 saturated carbocycles. The zero-order valence-electron chi connectivity index (χ0n) is 12.3. The number of carbonyl (C=O) groups is 2. The number of carbonyl (C=O) groups excluding carboxylic acids is 2. The standard InChI is InChI=1S/C14H16N2O6/c1-21-12(17)6-9-7-15(8-13(18)22-2)10-4-3-5-11(14(9)10)16(19)20/h3-5,9H,6-8H2,1-2H3. The van der Waals surface area contributed by atoms with Crippen LogP contribution in [0.5, 0.6) is 0 Å². The fourth-order valence-corrected chi connectivity index (χ4v) is 2.67. The van der Waals surface area contributed by atoms with Crippen molar-refractivity contribution in [3.8, 4) is 0 Å². The van der Waals surface area contributed by atoms with Crippen LogP contribution in [0.1, 0.15) is 17.9 Å². The van der Waals surface area contributed by atoms with Crippen LogP contribution in [-0.4, -0.2) is 44.2 Å². The molecule has 0 fully saturated rings. The first-order valence-electron chi connectivity index (χ1n) is 6.63. The molecule has 1 atom stereocenters. The molecule has 1 aromatic carbocycles. The average molecular weight is 308 g/mol. The van der Waals surface area contributed by atoms with E-state index in [-0.39, 0.29) is 18.7 Å². The molecule has 8 heteroatoms. The van der Waals surface area contributed by atoms with Gasteiger partial charge in [-0.1, -0.05) is 6.07 Å². The van der Waals surface area contributed by atoms with E-state index in [1.165, 1.54) is 20.3 Å². The van der Waals surface area contributed by atoms with Crippen LogP contribution in [0.3, 0.4) is 0 Å². The van der Waals surface area contributed by atoms with Crippen molar-refractivity contribution >= 4 is 23.3 Å². The number of esters is 2. The van der Waals surface area contributed by atoms with Crippen molar-refractivity contribution in [1.29, 1.82) is 0 Å². The topological polar surface area (TPSA) is 99.0 Å². The second-order valence-corrected chi connectivity index (χ2v) is 4.90. The molecule has 1 aromatic rings. The van der Waals surface area contributed by atoms with E-state index in [1.54, 1.807) is 17.0 Å². The van der Waals surface area contributed by atoms with Gasteiger partial charge in [-0.15, -0.1) is 0 Å². The van der Waals surface area contributed by atoms with Gasteiger partial charge in [0.15, 0.2) is 0 Å². The van der Waals surface area contributed by atoms with Gasteiger partial charge in [0.05, 0.1) is 31.1 Å². The van der Waals surface area contributed by atoms with Gasteiger partial charge in [-0.3, -0.25) is 19.7 Å². The van der Waals surface area contributed by atoms with Crippen LogP contribution in [-0.2, 0) is 19.1 Å². The van der Waals surface area contributed by atoms with Gasteiger partial charge in [0.2, 0.25) is 0 Å². The maximum atomic E-state index is 11.5. The number of nitro benzene ring substituents is 1. The number of rotatable bonds is 5. The number of fused-ring (bicyclic) bond motifs is 1. The summed E-state index contributed by atoms with van der Waals surface area (Å²) >= 11 is 0. The maximum absolute atomic E-state index is 11.5. The smallest absolute Gasteiger partial charge is 0.325 e. The van der Waals surface area contributed by atoms with Crippen molar-refractivity contribution in [3.05, 3.63) is 33.9 Å². The van der Waals surface area contributed by atoms with Gasteiger partial charge in [0.1, 0.15) is 6.54 Å². The number of nitro groups is 1. The van der Waals surface area contributed by atoms with Gasteiger partial charge in [-0.2, -0.15) is 0 Å². The van der Waals surface area contributed by atoms with Crippen LogP contribution >= 0.6 is 0 Å². The first-order valence-corrected chi connectivity index (χ1v) is 6.63. The van der Waals surface area contributed by atoms with Gasteiger partial charge in [0.25, 0.3) is 5.69 Å². The summed E-state index contributed by atoms with van der Waals surface area (Å²) in [5.74, 6) is -1.29. The van der Waals surface area contributed by atoms with Crippen molar-refractivity contribution in [1.82, 2.24) is 0 Å². The summed E-state index contributed by atoms with van der Waals surface area (Å²) in [5, 5.41) is 11.2. The van der Waals surface area contributed by atoms with Crippen LogP contribution in [0.15, 0.2) is 18.2 Å². The quantitative estimate of drug-likeness (QED) is 0.458. The number of hydrogen-bond acceptors (Lipinski definition) is 7. The minimum atomic E-state index is -0.481. The summed E-state index contributed by atoms with van der Waals surface area (Å²) in [6.45, 7) is 0.298. The first-order chi connectivity index (χ1) is 10.5. The largest absolute Gasteiger partial charge is 0.469 e. The lowest BCUT2D eigenvalue weighted by atomic mass is 9.96. The van der Waals surface area contributed by atoms with E-state index in [0.717, 1.165) is 0 Å². The molecule has 0 saturated heterocycles. The SMILES string of the molecule is COC(=O)CC1CN(CC(=O)OC)c2cccc([N+](=O)[O-])c21. The molecule has 1 aliphatic heterocycles. The van der Waals surface area contributed by atoms with Crippen molar-refractivity contribution in [3.63, 3.8) is 0 Å². The lowest BCUT2D eigenvalue weighted by molar-refractivity contribution is -0.385. The van der Waals surface area contributed by atoms with E-state index in [0.29, 0.717) is 17.8 Å². The van der Waals surface area contributed by atoms with E-state index in [4.69, 9.17) is 0 Å². The van der Waals surface area contributed by atoms with Crippen molar-refractivity contribution < 1.29 is 24.0 Å². The molecule has 118 valence electrons. The van der Waals surface area contributed by atoms with Gasteiger partial charge >= 0.3 is 11.9 Å². The van der Waals surface area contributed by atoms with Crippen molar-refractivity contribution in [2.24, 2.45) is 0 Å². The zero-order valence-corrected chi connectivity index (χ0v) is 12.3. The molecule has 0 aromatic heterocycles. The third kappa shape index (κ3) is 3.00. The van der Waals surface area contributed by atoms with Crippen LogP contribution in [0.2, 0.25) is 0 Å². The summed E-state index contributed by atoms with van der Waals surface area (Å²) in [5.41, 5.74) is 0.981. The summed E-state index contributed by atoms with van der Waals surface area (Å²) in [6, 6.07) is 4.65. The number of hydrogen-bond donors (Lipinski definition) is 0. The van der Waals surface area contributed by atoms with Gasteiger partial charge in [-0.25, -0.2) is 0 Å². The van der Waals surface area contributed by atoms with E-state index in [9.17, 15) is 19.7 Å². The molecule has 2 rings (SSSR count). The minimum Gasteiger partial charge on any atom is -0.469 e. The summed E-state index contributed by atoms with van der Waals surface area (Å²) in [7, 11) is 2.54. The lowest BCUT2D eigenvalue weighted by Crippen LogP contribution is -2.29. The van der Waals surface area contributed by atoms with E-state index in [2.05, 4.69) is 9.47 Å². The number of methoxy groups -OCH3 is 2. The number of benzene rings is 1. The average Bonchev–Trinajstić information content (AvgIpc) is 2.84. The number of nitrogens with zero attached hydrogens (tertiary/aromatic N) is 2. The Morgan fingerprint density at radius 1 is 1.32 bits per heavy atom. The molecular weight excluding hydrogens is 292 g/mol. The highest BCUT2D eigenvalue weighted by molar-refractivity contribution is 5.80. The first kappa shape index (κ1) is 15.7. The van der Waals surface area contributed by atoms with Gasteiger partial charge in [-0.05, 0) is 6.07 Å². The Labute approximate surface area is 126 Å². The van der Waals surface area contributed by atoms with Crippen LogP contribution in [0, 0.1) is 10.1 Å². The normalized spacial score (nSPS) is 16.1. The second kappa shape index (κ2) is 6.42. The van der Waals surface area contributed by atoms with Gasteiger partial charge < -0.3 is 14.4 Å². The number of ether oxygens (including phenoxy) is 2. The minimum absolute atomic E-state index is 0.0199. The molecule has 0 radical (unpaired) electrons. The molecule has 8 nitrogen and oxygen atoms in total. The Bertz CT molecular complexity index is 615. The van der Waals surface area contributed by atoms with Crippen LogP contribution in [0.4, 0.5) is 11.4 Å². The summed E-state index contributed by atoms with van der Waals surface area (Å²) < 4.78 is 9.28. The molecule has 1 aliphatic rings. The maximum Gasteiger partial charge on any atom is 0.325 e. The third-order valence-corrected chi connectivity index (χ3v) is 3.63. The molecule has 0 spiro atoms. The summed E-state index contributed by atoms with van der Waals surface area (Å²) in [6.07, 6.45) is 0.0199. The molecule has 22 heavy (non-hydrogen) atoms. The highest BCUT2D eigenvalue weighted by Gasteiger charge is 2.37. The van der Waals surface area contributed by atoms with E-state index < -0.39 is 22.8 Å². The molecule has 0 amide bonds. The Kier molecular flexibility index (Phi) is 4.59. The van der Waals surface area contributed by atoms with E-state index >= 15 is 0 Å². The fraction of sp³-hybridized carbons (Fsp3) is 0.429. The molecule has 0 aliphatic carbocycles. The second-order valence-electron chi connectivity index (χ2n) is 4.90. The van der Waals surface area contributed by atoms with Crippen LogP contribution < -0.4 is 4.90 Å². The Morgan fingerprint density at radius 2 is 2.00 bits per heavy atom. The Morgan fingerprint density at radius 3 is 2.59 bits per heavy atom. The lowest BCUT2D eigenvalue weighted by Gasteiger charge is -2.17. The predicted octanol–water partition coefficient (Wildman–Crippen LogP) is 1.23. The molecular formula is C14H16N2O6. The van der Waals surface area contributed by atoms with E-state index in [1.807, 2.05) is 0 Å². The zero-order chi connectivity index (χ0) is 16.3.